The van der Waals surface area contributed by atoms with E-state index in [9.17, 15) is 4.79 Å². The third kappa shape index (κ3) is 4.20. The number of aryl methyl sites for hydroxylation is 1. The first-order valence-corrected chi connectivity index (χ1v) is 9.21. The Balaban J connectivity index is 1.57. The average molecular weight is 371 g/mol. The predicted molar refractivity (Wildman–Crippen MR) is 110 cm³/mol. The summed E-state index contributed by atoms with van der Waals surface area (Å²) in [6.07, 6.45) is 3.79. The molecule has 0 bridgehead atoms. The van der Waals surface area contributed by atoms with Crippen LogP contribution in [0.4, 0.5) is 0 Å². The Bertz CT molecular complexity index is 1080. The van der Waals surface area contributed by atoms with Crippen molar-refractivity contribution in [1.29, 1.82) is 0 Å². The standard InChI is InChI=1S/C23H21N3O2/c1-16-11-12-18(28-16)13-14-22(27)24-21(15-17-7-3-2-4-8-17)23-25-19-9-5-6-10-20(19)26-23/h2-14,21H,15H2,1H3,(H,24,27)(H,25,26). The van der Waals surface area contributed by atoms with E-state index in [1.54, 1.807) is 6.08 Å². The van der Waals surface area contributed by atoms with Gasteiger partial charge in [0.05, 0.1) is 17.1 Å². The number of fused-ring (bicyclic) bond motifs is 1. The van der Waals surface area contributed by atoms with Gasteiger partial charge in [-0.2, -0.15) is 0 Å². The molecular weight excluding hydrogens is 350 g/mol. The molecule has 0 fully saturated rings. The maximum atomic E-state index is 12.5. The largest absolute Gasteiger partial charge is 0.462 e. The van der Waals surface area contributed by atoms with Gasteiger partial charge in [-0.15, -0.1) is 0 Å². The summed E-state index contributed by atoms with van der Waals surface area (Å²) in [5.41, 5.74) is 2.96. The fourth-order valence-electron chi connectivity index (χ4n) is 3.12. The monoisotopic (exact) mass is 371 g/mol. The van der Waals surface area contributed by atoms with Gasteiger partial charge in [0, 0.05) is 6.08 Å². The SMILES string of the molecule is Cc1ccc(C=CC(=O)NC(Cc2ccccc2)c2nc3ccccc3[nH]2)o1. The van der Waals surface area contributed by atoms with Crippen molar-refractivity contribution in [1.82, 2.24) is 15.3 Å². The predicted octanol–water partition coefficient (Wildman–Crippen LogP) is 4.58. The Morgan fingerprint density at radius 2 is 1.89 bits per heavy atom. The zero-order valence-corrected chi connectivity index (χ0v) is 15.6. The number of aromatic nitrogens is 2. The third-order valence-corrected chi connectivity index (χ3v) is 4.50. The molecule has 1 amide bonds. The summed E-state index contributed by atoms with van der Waals surface area (Å²) in [5.74, 6) is 2.00. The molecule has 5 nitrogen and oxygen atoms in total. The smallest absolute Gasteiger partial charge is 0.244 e. The van der Waals surface area contributed by atoms with Crippen LogP contribution in [0.5, 0.6) is 0 Å². The molecule has 0 radical (unpaired) electrons. The van der Waals surface area contributed by atoms with Gasteiger partial charge in [0.1, 0.15) is 17.3 Å². The van der Waals surface area contributed by atoms with Crippen LogP contribution in [0.1, 0.15) is 29.0 Å². The molecule has 1 unspecified atom stereocenters. The van der Waals surface area contributed by atoms with Gasteiger partial charge < -0.3 is 14.7 Å². The van der Waals surface area contributed by atoms with E-state index in [2.05, 4.69) is 15.3 Å². The third-order valence-electron chi connectivity index (χ3n) is 4.50. The second kappa shape index (κ2) is 7.96. The molecule has 28 heavy (non-hydrogen) atoms. The van der Waals surface area contributed by atoms with Crippen molar-refractivity contribution in [3.8, 4) is 0 Å². The average Bonchev–Trinajstić information content (AvgIpc) is 3.32. The molecule has 140 valence electrons. The molecule has 0 aliphatic heterocycles. The number of furan rings is 1. The fourth-order valence-corrected chi connectivity index (χ4v) is 3.12. The highest BCUT2D eigenvalue weighted by Gasteiger charge is 2.18. The molecule has 4 rings (SSSR count). The van der Waals surface area contributed by atoms with Crippen LogP contribution in [-0.4, -0.2) is 15.9 Å². The summed E-state index contributed by atoms with van der Waals surface area (Å²) in [5, 5.41) is 3.06. The molecule has 4 aromatic rings. The van der Waals surface area contributed by atoms with Gasteiger partial charge in [-0.3, -0.25) is 4.79 Å². The Hall–Kier alpha value is -3.60. The van der Waals surface area contributed by atoms with Gasteiger partial charge >= 0.3 is 0 Å². The zero-order valence-electron chi connectivity index (χ0n) is 15.6. The lowest BCUT2D eigenvalue weighted by molar-refractivity contribution is -0.117. The zero-order chi connectivity index (χ0) is 19.3. The molecule has 1 atom stereocenters. The minimum absolute atomic E-state index is 0.199. The highest BCUT2D eigenvalue weighted by molar-refractivity contribution is 5.91. The van der Waals surface area contributed by atoms with Gasteiger partial charge in [0.2, 0.25) is 5.91 Å². The van der Waals surface area contributed by atoms with Crippen molar-refractivity contribution in [2.24, 2.45) is 0 Å². The number of amides is 1. The van der Waals surface area contributed by atoms with E-state index in [1.165, 1.54) is 6.08 Å². The highest BCUT2D eigenvalue weighted by Crippen LogP contribution is 2.20. The summed E-state index contributed by atoms with van der Waals surface area (Å²) < 4.78 is 5.47. The molecule has 2 N–H and O–H groups in total. The summed E-state index contributed by atoms with van der Waals surface area (Å²) in [7, 11) is 0. The Labute approximate surface area is 163 Å². The van der Waals surface area contributed by atoms with Gasteiger partial charge in [-0.05, 0) is 49.2 Å². The minimum atomic E-state index is -0.273. The number of aromatic amines is 1. The fraction of sp³-hybridized carbons (Fsp3) is 0.130. The molecule has 0 aliphatic rings. The van der Waals surface area contributed by atoms with E-state index in [0.717, 1.165) is 28.2 Å². The van der Waals surface area contributed by atoms with Crippen molar-refractivity contribution in [3.05, 3.63) is 95.7 Å². The number of para-hydroxylation sites is 2. The minimum Gasteiger partial charge on any atom is -0.462 e. The maximum Gasteiger partial charge on any atom is 0.244 e. The first-order valence-electron chi connectivity index (χ1n) is 9.21. The van der Waals surface area contributed by atoms with Crippen LogP contribution in [0.3, 0.4) is 0 Å². The van der Waals surface area contributed by atoms with E-state index in [1.807, 2.05) is 73.7 Å². The van der Waals surface area contributed by atoms with E-state index in [-0.39, 0.29) is 11.9 Å². The molecule has 0 saturated carbocycles. The summed E-state index contributed by atoms with van der Waals surface area (Å²) in [4.78, 5) is 20.5. The van der Waals surface area contributed by atoms with E-state index >= 15 is 0 Å². The number of imidazole rings is 1. The number of hydrogen-bond donors (Lipinski definition) is 2. The summed E-state index contributed by atoms with van der Waals surface area (Å²) in [6.45, 7) is 1.87. The number of benzene rings is 2. The Morgan fingerprint density at radius 1 is 1.11 bits per heavy atom. The molecule has 2 heterocycles. The Morgan fingerprint density at radius 3 is 2.64 bits per heavy atom. The molecule has 0 aliphatic carbocycles. The lowest BCUT2D eigenvalue weighted by Crippen LogP contribution is -2.29. The topological polar surface area (TPSA) is 70.9 Å². The number of carbonyl (C=O) groups is 1. The molecule has 5 heteroatoms. The van der Waals surface area contributed by atoms with Crippen LogP contribution in [0.15, 0.2) is 77.2 Å². The summed E-state index contributed by atoms with van der Waals surface area (Å²) in [6, 6.07) is 21.3. The van der Waals surface area contributed by atoms with Crippen molar-refractivity contribution in [2.45, 2.75) is 19.4 Å². The maximum absolute atomic E-state index is 12.5. The van der Waals surface area contributed by atoms with Crippen molar-refractivity contribution < 1.29 is 9.21 Å². The van der Waals surface area contributed by atoms with Gasteiger partial charge in [0.15, 0.2) is 0 Å². The van der Waals surface area contributed by atoms with E-state index in [0.29, 0.717) is 12.2 Å². The molecule has 0 saturated heterocycles. The van der Waals surface area contributed by atoms with Crippen LogP contribution < -0.4 is 5.32 Å². The van der Waals surface area contributed by atoms with Crippen molar-refractivity contribution in [2.75, 3.05) is 0 Å². The van der Waals surface area contributed by atoms with Crippen LogP contribution in [0.25, 0.3) is 17.1 Å². The normalized spacial score (nSPS) is 12.5. The molecule has 2 aromatic carbocycles. The van der Waals surface area contributed by atoms with Crippen molar-refractivity contribution >= 4 is 23.0 Å². The van der Waals surface area contributed by atoms with E-state index in [4.69, 9.17) is 4.42 Å². The van der Waals surface area contributed by atoms with E-state index < -0.39 is 0 Å². The molecular formula is C23H21N3O2. The van der Waals surface area contributed by atoms with Crippen LogP contribution in [0.2, 0.25) is 0 Å². The number of carbonyl (C=O) groups excluding carboxylic acids is 1. The molecule has 2 aromatic heterocycles. The lowest BCUT2D eigenvalue weighted by Gasteiger charge is -2.16. The lowest BCUT2D eigenvalue weighted by atomic mass is 10.1. The molecule has 0 spiro atoms. The number of nitrogens with one attached hydrogen (secondary N) is 2. The second-order valence-corrected chi connectivity index (χ2v) is 6.67. The van der Waals surface area contributed by atoms with Crippen molar-refractivity contribution in [3.63, 3.8) is 0 Å². The number of nitrogens with zero attached hydrogens (tertiary/aromatic N) is 1. The van der Waals surface area contributed by atoms with Crippen LogP contribution >= 0.6 is 0 Å². The van der Waals surface area contributed by atoms with Gasteiger partial charge in [-0.25, -0.2) is 4.98 Å². The van der Waals surface area contributed by atoms with Crippen LogP contribution in [0, 0.1) is 6.92 Å². The quantitative estimate of drug-likeness (QED) is 0.488. The number of rotatable bonds is 6. The van der Waals surface area contributed by atoms with Gasteiger partial charge in [0.25, 0.3) is 0 Å². The highest BCUT2D eigenvalue weighted by atomic mass is 16.3. The van der Waals surface area contributed by atoms with Gasteiger partial charge in [-0.1, -0.05) is 42.5 Å². The Kier molecular flexibility index (Phi) is 5.06. The second-order valence-electron chi connectivity index (χ2n) is 6.67. The first kappa shape index (κ1) is 17.8. The number of hydrogen-bond acceptors (Lipinski definition) is 3. The number of H-pyrrole nitrogens is 1. The summed E-state index contributed by atoms with van der Waals surface area (Å²) >= 11 is 0. The first-order chi connectivity index (χ1) is 13.7. The van der Waals surface area contributed by atoms with Crippen LogP contribution in [-0.2, 0) is 11.2 Å².